The van der Waals surface area contributed by atoms with Gasteiger partial charge in [0.15, 0.2) is 0 Å². The van der Waals surface area contributed by atoms with E-state index >= 15 is 0 Å². The number of phenolic OH excluding ortho intramolecular Hbond substituents is 1. The number of hydrogen-bond donors (Lipinski definition) is 1. The summed E-state index contributed by atoms with van der Waals surface area (Å²) in [4.78, 5) is 2.59. The molecule has 0 spiro atoms. The molecule has 0 aromatic heterocycles. The highest BCUT2D eigenvalue weighted by Gasteiger charge is 2.20. The fourth-order valence-electron chi connectivity index (χ4n) is 4.15. The summed E-state index contributed by atoms with van der Waals surface area (Å²) in [5, 5.41) is 9.44. The molecule has 134 valence electrons. The van der Waals surface area contributed by atoms with Crippen molar-refractivity contribution in [1.29, 1.82) is 0 Å². The average Bonchev–Trinajstić information content (AvgIpc) is 2.71. The molecule has 0 unspecified atom stereocenters. The topological polar surface area (TPSA) is 23.5 Å². The van der Waals surface area contributed by atoms with E-state index in [1.807, 2.05) is 12.1 Å². The van der Waals surface area contributed by atoms with Crippen molar-refractivity contribution in [3.8, 4) is 5.75 Å². The molecule has 1 aliphatic carbocycles. The Hall–Kier alpha value is -2.32. The van der Waals surface area contributed by atoms with E-state index in [1.54, 1.807) is 12.1 Å². The van der Waals surface area contributed by atoms with Gasteiger partial charge in [0, 0.05) is 19.6 Å². The van der Waals surface area contributed by atoms with Gasteiger partial charge in [-0.3, -0.25) is 4.90 Å². The fourth-order valence-corrected chi connectivity index (χ4v) is 4.15. The van der Waals surface area contributed by atoms with E-state index < -0.39 is 0 Å². The highest BCUT2D eigenvalue weighted by atomic mass is 16.3. The lowest BCUT2D eigenvalue weighted by molar-refractivity contribution is 0.243. The molecule has 0 amide bonds. The Bertz CT molecular complexity index is 789. The molecule has 2 nitrogen and oxygen atoms in total. The lowest BCUT2D eigenvalue weighted by Crippen LogP contribution is -2.33. The number of allylic oxidation sites excluding steroid dienone is 2. The highest BCUT2D eigenvalue weighted by Crippen LogP contribution is 2.31. The molecule has 0 bridgehead atoms. The number of rotatable bonds is 4. The Labute approximate surface area is 156 Å². The van der Waals surface area contributed by atoms with Crippen molar-refractivity contribution in [3.05, 3.63) is 77.9 Å². The van der Waals surface area contributed by atoms with Crippen LogP contribution in [0.4, 0.5) is 0 Å². The van der Waals surface area contributed by atoms with Crippen LogP contribution in [-0.4, -0.2) is 29.6 Å². The first-order valence-electron chi connectivity index (χ1n) is 9.73. The number of benzene rings is 2. The summed E-state index contributed by atoms with van der Waals surface area (Å²) >= 11 is 0. The molecule has 2 aromatic rings. The van der Waals surface area contributed by atoms with E-state index in [0.717, 1.165) is 25.4 Å². The van der Waals surface area contributed by atoms with Gasteiger partial charge >= 0.3 is 0 Å². The summed E-state index contributed by atoms with van der Waals surface area (Å²) < 4.78 is 0. The molecular formula is C24H27NO. The predicted molar refractivity (Wildman–Crippen MR) is 109 cm³/mol. The molecule has 1 N–H and O–H groups in total. The number of nitrogens with zero attached hydrogens (tertiary/aromatic N) is 1. The number of phenols is 1. The standard InChI is InChI=1S/C24H27NO/c26-24-12-10-22(11-13-24)23-14-16-25(17-15-23)18-19-6-8-21(9-7-19)20-4-2-1-3-5-20/h1-5,8,10-14,19,26H,6-7,9,15-18H2/t19-/m1/s1. The normalized spacial score (nSPS) is 21.2. The zero-order valence-corrected chi connectivity index (χ0v) is 15.3. The summed E-state index contributed by atoms with van der Waals surface area (Å²) in [7, 11) is 0. The van der Waals surface area contributed by atoms with Gasteiger partial charge in [0.05, 0.1) is 0 Å². The van der Waals surface area contributed by atoms with Crippen molar-refractivity contribution in [2.45, 2.75) is 25.7 Å². The Morgan fingerprint density at radius 2 is 1.58 bits per heavy atom. The second-order valence-electron chi connectivity index (χ2n) is 7.52. The molecule has 2 aliphatic rings. The molecular weight excluding hydrogens is 318 g/mol. The van der Waals surface area contributed by atoms with Crippen LogP contribution in [0.1, 0.15) is 36.8 Å². The van der Waals surface area contributed by atoms with Gasteiger partial charge in [-0.15, -0.1) is 0 Å². The smallest absolute Gasteiger partial charge is 0.115 e. The molecule has 1 atom stereocenters. The maximum absolute atomic E-state index is 9.44. The average molecular weight is 345 g/mol. The second-order valence-corrected chi connectivity index (χ2v) is 7.52. The van der Waals surface area contributed by atoms with Crippen molar-refractivity contribution in [3.63, 3.8) is 0 Å². The molecule has 0 saturated heterocycles. The van der Waals surface area contributed by atoms with Gasteiger partial charge in [0.2, 0.25) is 0 Å². The van der Waals surface area contributed by atoms with Crippen LogP contribution in [0, 0.1) is 5.92 Å². The molecule has 2 aromatic carbocycles. The zero-order chi connectivity index (χ0) is 17.8. The van der Waals surface area contributed by atoms with E-state index in [1.165, 1.54) is 48.1 Å². The first kappa shape index (κ1) is 17.1. The summed E-state index contributed by atoms with van der Waals surface area (Å²) in [5.74, 6) is 1.12. The molecule has 1 aliphatic heterocycles. The van der Waals surface area contributed by atoms with E-state index in [-0.39, 0.29) is 0 Å². The number of hydrogen-bond acceptors (Lipinski definition) is 2. The largest absolute Gasteiger partial charge is 0.508 e. The van der Waals surface area contributed by atoms with Crippen LogP contribution in [0.15, 0.2) is 66.7 Å². The molecule has 0 fully saturated rings. The molecule has 4 rings (SSSR count). The molecule has 0 saturated carbocycles. The van der Waals surface area contributed by atoms with Gasteiger partial charge in [-0.05, 0) is 66.0 Å². The monoisotopic (exact) mass is 345 g/mol. The second kappa shape index (κ2) is 7.92. The van der Waals surface area contributed by atoms with Crippen LogP contribution in [0.5, 0.6) is 5.75 Å². The fraction of sp³-hybridized carbons (Fsp3) is 0.333. The Morgan fingerprint density at radius 3 is 2.23 bits per heavy atom. The Balaban J connectivity index is 1.31. The van der Waals surface area contributed by atoms with Crippen molar-refractivity contribution in [2.75, 3.05) is 19.6 Å². The van der Waals surface area contributed by atoms with Crippen molar-refractivity contribution in [1.82, 2.24) is 4.90 Å². The van der Waals surface area contributed by atoms with Crippen LogP contribution in [0.3, 0.4) is 0 Å². The zero-order valence-electron chi connectivity index (χ0n) is 15.3. The van der Waals surface area contributed by atoms with Crippen molar-refractivity contribution < 1.29 is 5.11 Å². The summed E-state index contributed by atoms with van der Waals surface area (Å²) in [6.45, 7) is 3.39. The summed E-state index contributed by atoms with van der Waals surface area (Å²) in [5.41, 5.74) is 5.58. The first-order valence-corrected chi connectivity index (χ1v) is 9.73. The van der Waals surface area contributed by atoms with Crippen LogP contribution >= 0.6 is 0 Å². The quantitative estimate of drug-likeness (QED) is 0.806. The van der Waals surface area contributed by atoms with Crippen molar-refractivity contribution >= 4 is 11.1 Å². The molecule has 0 radical (unpaired) electrons. The SMILES string of the molecule is Oc1ccc(C2=CCN(C[C@@H]3CC=C(c4ccccc4)CC3)CC2)cc1. The van der Waals surface area contributed by atoms with E-state index in [2.05, 4.69) is 47.4 Å². The molecule has 2 heteroatoms. The van der Waals surface area contributed by atoms with Gasteiger partial charge in [0.1, 0.15) is 5.75 Å². The van der Waals surface area contributed by atoms with Crippen LogP contribution in [0.2, 0.25) is 0 Å². The van der Waals surface area contributed by atoms with E-state index in [4.69, 9.17) is 0 Å². The van der Waals surface area contributed by atoms with Gasteiger partial charge in [-0.1, -0.05) is 54.6 Å². The minimum absolute atomic E-state index is 0.340. The van der Waals surface area contributed by atoms with Gasteiger partial charge in [0.25, 0.3) is 0 Å². The third-order valence-corrected chi connectivity index (χ3v) is 5.71. The van der Waals surface area contributed by atoms with Gasteiger partial charge < -0.3 is 5.11 Å². The third-order valence-electron chi connectivity index (χ3n) is 5.71. The summed E-state index contributed by atoms with van der Waals surface area (Å²) in [6, 6.07) is 18.4. The lowest BCUT2D eigenvalue weighted by atomic mass is 9.86. The minimum Gasteiger partial charge on any atom is -0.508 e. The Morgan fingerprint density at radius 1 is 0.846 bits per heavy atom. The van der Waals surface area contributed by atoms with Gasteiger partial charge in [-0.2, -0.15) is 0 Å². The highest BCUT2D eigenvalue weighted by molar-refractivity contribution is 5.67. The van der Waals surface area contributed by atoms with Crippen LogP contribution in [-0.2, 0) is 0 Å². The molecule has 1 heterocycles. The lowest BCUT2D eigenvalue weighted by Gasteiger charge is -2.31. The summed E-state index contributed by atoms with van der Waals surface area (Å²) in [6.07, 6.45) is 9.63. The van der Waals surface area contributed by atoms with E-state index in [0.29, 0.717) is 5.75 Å². The third kappa shape index (κ3) is 4.08. The van der Waals surface area contributed by atoms with Crippen LogP contribution < -0.4 is 0 Å². The van der Waals surface area contributed by atoms with Gasteiger partial charge in [-0.25, -0.2) is 0 Å². The minimum atomic E-state index is 0.340. The van der Waals surface area contributed by atoms with E-state index in [9.17, 15) is 5.11 Å². The van der Waals surface area contributed by atoms with Crippen molar-refractivity contribution in [2.24, 2.45) is 5.92 Å². The Kier molecular flexibility index (Phi) is 5.21. The molecule has 26 heavy (non-hydrogen) atoms. The first-order chi connectivity index (χ1) is 12.8. The maximum Gasteiger partial charge on any atom is 0.115 e. The number of aromatic hydroxyl groups is 1. The predicted octanol–water partition coefficient (Wildman–Crippen LogP) is 5.37. The van der Waals surface area contributed by atoms with Crippen LogP contribution in [0.25, 0.3) is 11.1 Å². The maximum atomic E-state index is 9.44.